The normalized spacial score (nSPS) is 17.1. The van der Waals surface area contributed by atoms with Crippen molar-refractivity contribution in [1.82, 2.24) is 35.8 Å². The third-order valence-corrected chi connectivity index (χ3v) is 6.59. The summed E-state index contributed by atoms with van der Waals surface area (Å²) >= 11 is 0. The molecule has 202 valence electrons. The minimum Gasteiger partial charge on any atom is -0.497 e. The number of amides is 2. The van der Waals surface area contributed by atoms with Gasteiger partial charge in [-0.1, -0.05) is 18.6 Å². The van der Waals surface area contributed by atoms with Crippen molar-refractivity contribution in [1.29, 1.82) is 0 Å². The van der Waals surface area contributed by atoms with Crippen molar-refractivity contribution < 1.29 is 19.1 Å². The molecule has 2 N–H and O–H groups in total. The van der Waals surface area contributed by atoms with Gasteiger partial charge in [-0.15, -0.1) is 10.2 Å². The van der Waals surface area contributed by atoms with Gasteiger partial charge < -0.3 is 20.1 Å². The van der Waals surface area contributed by atoms with Gasteiger partial charge in [-0.05, 0) is 67.1 Å². The summed E-state index contributed by atoms with van der Waals surface area (Å²) < 4.78 is 10.2. The van der Waals surface area contributed by atoms with Crippen molar-refractivity contribution in [3.05, 3.63) is 53.3 Å². The first kappa shape index (κ1) is 27.2. The summed E-state index contributed by atoms with van der Waals surface area (Å²) in [6.07, 6.45) is 4.32. The zero-order valence-electron chi connectivity index (χ0n) is 22.1. The molecule has 4 rings (SSSR count). The first-order valence-electron chi connectivity index (χ1n) is 12.9. The third-order valence-electron chi connectivity index (χ3n) is 6.59. The SMILES string of the molecule is COCCC(=O)N[C@@H]1CCC[C@@H](Cn2nnc(-c3cc(C)nc(C(=O)NCc4cccc(OC)c4)c3)n2)C1. The summed E-state index contributed by atoms with van der Waals surface area (Å²) in [5.41, 5.74) is 2.58. The lowest BCUT2D eigenvalue weighted by atomic mass is 9.85. The number of ether oxygens (including phenoxy) is 2. The zero-order valence-corrected chi connectivity index (χ0v) is 22.1. The molecule has 3 aromatic rings. The van der Waals surface area contributed by atoms with Gasteiger partial charge in [0.15, 0.2) is 0 Å². The Kier molecular flexibility index (Phi) is 9.36. The molecular weight excluding hydrogens is 486 g/mol. The van der Waals surface area contributed by atoms with Crippen LogP contribution >= 0.6 is 0 Å². The summed E-state index contributed by atoms with van der Waals surface area (Å²) in [5, 5.41) is 19.1. The Morgan fingerprint density at radius 2 is 2.03 bits per heavy atom. The van der Waals surface area contributed by atoms with Crippen LogP contribution in [0.15, 0.2) is 36.4 Å². The second kappa shape index (κ2) is 13.1. The maximum atomic E-state index is 12.8. The van der Waals surface area contributed by atoms with E-state index in [2.05, 4.69) is 31.0 Å². The van der Waals surface area contributed by atoms with Crippen LogP contribution in [0.25, 0.3) is 11.4 Å². The van der Waals surface area contributed by atoms with Crippen LogP contribution in [0, 0.1) is 12.8 Å². The molecule has 0 saturated heterocycles. The van der Waals surface area contributed by atoms with Gasteiger partial charge in [0.2, 0.25) is 11.7 Å². The van der Waals surface area contributed by atoms with Crippen LogP contribution in [0.5, 0.6) is 5.75 Å². The fourth-order valence-electron chi connectivity index (χ4n) is 4.72. The largest absolute Gasteiger partial charge is 0.497 e. The maximum absolute atomic E-state index is 12.8. The summed E-state index contributed by atoms with van der Waals surface area (Å²) in [5.74, 6) is 1.26. The van der Waals surface area contributed by atoms with Gasteiger partial charge in [0.25, 0.3) is 5.91 Å². The maximum Gasteiger partial charge on any atom is 0.270 e. The molecule has 2 aromatic heterocycles. The van der Waals surface area contributed by atoms with E-state index in [1.165, 1.54) is 0 Å². The number of hydrogen-bond donors (Lipinski definition) is 2. The molecule has 38 heavy (non-hydrogen) atoms. The van der Waals surface area contributed by atoms with E-state index in [4.69, 9.17) is 9.47 Å². The predicted molar refractivity (Wildman–Crippen MR) is 140 cm³/mol. The molecule has 11 nitrogen and oxygen atoms in total. The van der Waals surface area contributed by atoms with Gasteiger partial charge in [-0.3, -0.25) is 9.59 Å². The van der Waals surface area contributed by atoms with E-state index in [0.29, 0.717) is 54.8 Å². The van der Waals surface area contributed by atoms with E-state index in [1.807, 2.05) is 37.3 Å². The van der Waals surface area contributed by atoms with Crippen molar-refractivity contribution in [3.8, 4) is 17.1 Å². The monoisotopic (exact) mass is 521 g/mol. The lowest BCUT2D eigenvalue weighted by Gasteiger charge is -2.29. The fraction of sp³-hybridized carbons (Fsp3) is 0.481. The smallest absolute Gasteiger partial charge is 0.270 e. The molecule has 1 aromatic carbocycles. The Morgan fingerprint density at radius 3 is 2.84 bits per heavy atom. The number of nitrogens with one attached hydrogen (secondary N) is 2. The highest BCUT2D eigenvalue weighted by Gasteiger charge is 2.24. The summed E-state index contributed by atoms with van der Waals surface area (Å²) in [7, 11) is 3.20. The number of nitrogens with zero attached hydrogens (tertiary/aromatic N) is 5. The quantitative estimate of drug-likeness (QED) is 0.394. The first-order chi connectivity index (χ1) is 18.4. The molecule has 1 aliphatic carbocycles. The highest BCUT2D eigenvalue weighted by Crippen LogP contribution is 2.26. The van der Waals surface area contributed by atoms with Gasteiger partial charge in [-0.25, -0.2) is 4.98 Å². The van der Waals surface area contributed by atoms with Crippen molar-refractivity contribution in [2.75, 3.05) is 20.8 Å². The van der Waals surface area contributed by atoms with Gasteiger partial charge in [0.1, 0.15) is 11.4 Å². The molecule has 2 amide bonds. The third kappa shape index (κ3) is 7.58. The molecule has 1 saturated carbocycles. The van der Waals surface area contributed by atoms with Crippen LogP contribution < -0.4 is 15.4 Å². The molecule has 2 atom stereocenters. The molecule has 0 spiro atoms. The average molecular weight is 522 g/mol. The molecule has 0 aliphatic heterocycles. The van der Waals surface area contributed by atoms with Crippen LogP contribution in [0.4, 0.5) is 0 Å². The molecule has 11 heteroatoms. The number of carbonyl (C=O) groups excluding carboxylic acids is 2. The van der Waals surface area contributed by atoms with Crippen LogP contribution in [-0.2, 0) is 22.6 Å². The predicted octanol–water partition coefficient (Wildman–Crippen LogP) is 2.69. The van der Waals surface area contributed by atoms with Crippen LogP contribution in [0.2, 0.25) is 0 Å². The fourth-order valence-corrected chi connectivity index (χ4v) is 4.72. The molecular formula is C27H35N7O4. The Labute approximate surface area is 222 Å². The number of carbonyl (C=O) groups is 2. The van der Waals surface area contributed by atoms with Crippen molar-refractivity contribution in [2.45, 2.75) is 58.2 Å². The Morgan fingerprint density at radius 1 is 1.16 bits per heavy atom. The van der Waals surface area contributed by atoms with E-state index >= 15 is 0 Å². The second-order valence-electron chi connectivity index (χ2n) is 9.62. The molecule has 1 aliphatic rings. The zero-order chi connectivity index (χ0) is 26.9. The lowest BCUT2D eigenvalue weighted by Crippen LogP contribution is -2.39. The van der Waals surface area contributed by atoms with Gasteiger partial charge in [-0.2, -0.15) is 4.80 Å². The molecule has 1 fully saturated rings. The number of aryl methyl sites for hydroxylation is 1. The van der Waals surface area contributed by atoms with E-state index in [1.54, 1.807) is 25.1 Å². The van der Waals surface area contributed by atoms with E-state index < -0.39 is 0 Å². The van der Waals surface area contributed by atoms with E-state index in [0.717, 1.165) is 37.0 Å². The number of aromatic nitrogens is 5. The number of pyridine rings is 1. The minimum atomic E-state index is -0.286. The van der Waals surface area contributed by atoms with E-state index in [-0.39, 0.29) is 17.9 Å². The summed E-state index contributed by atoms with van der Waals surface area (Å²) in [6.45, 7) is 3.23. The number of tetrazole rings is 1. The molecule has 0 unspecified atom stereocenters. The van der Waals surface area contributed by atoms with Crippen LogP contribution in [-0.4, -0.2) is 63.9 Å². The number of methoxy groups -OCH3 is 2. The van der Waals surface area contributed by atoms with Crippen LogP contribution in [0.3, 0.4) is 0 Å². The summed E-state index contributed by atoms with van der Waals surface area (Å²) in [6, 6.07) is 11.2. The average Bonchev–Trinajstić information content (AvgIpc) is 3.39. The van der Waals surface area contributed by atoms with Gasteiger partial charge in [0, 0.05) is 37.4 Å². The number of benzene rings is 1. The molecule has 2 heterocycles. The van der Waals surface area contributed by atoms with Crippen LogP contribution in [0.1, 0.15) is 53.8 Å². The topological polar surface area (TPSA) is 133 Å². The highest BCUT2D eigenvalue weighted by atomic mass is 16.5. The van der Waals surface area contributed by atoms with Gasteiger partial charge >= 0.3 is 0 Å². The van der Waals surface area contributed by atoms with Gasteiger partial charge in [0.05, 0.1) is 20.3 Å². The molecule has 0 radical (unpaired) electrons. The lowest BCUT2D eigenvalue weighted by molar-refractivity contribution is -0.123. The van der Waals surface area contributed by atoms with E-state index in [9.17, 15) is 9.59 Å². The van der Waals surface area contributed by atoms with Crippen molar-refractivity contribution in [3.63, 3.8) is 0 Å². The number of hydrogen-bond acceptors (Lipinski definition) is 8. The van der Waals surface area contributed by atoms with Crippen molar-refractivity contribution in [2.24, 2.45) is 5.92 Å². The highest BCUT2D eigenvalue weighted by molar-refractivity contribution is 5.93. The number of rotatable bonds is 11. The molecule has 0 bridgehead atoms. The Bertz CT molecular complexity index is 1250. The Hall–Kier alpha value is -3.86. The Balaban J connectivity index is 1.36. The summed E-state index contributed by atoms with van der Waals surface area (Å²) in [4.78, 5) is 30.9. The minimum absolute atomic E-state index is 0.0232. The first-order valence-corrected chi connectivity index (χ1v) is 12.9. The second-order valence-corrected chi connectivity index (χ2v) is 9.62. The standard InChI is InChI=1S/C27H35N7O4/c1-18-12-21(15-24(29-18)27(36)28-16-19-6-5-9-23(14-19)38-3)26-31-33-34(32-26)17-20-7-4-8-22(13-20)30-25(35)10-11-37-2/h5-6,9,12,14-15,20,22H,4,7-8,10-11,13,16-17H2,1-3H3,(H,28,36)(H,30,35)/t20-,22-/m1/s1. The van der Waals surface area contributed by atoms with Crippen molar-refractivity contribution >= 4 is 11.8 Å².